The molecule has 1 aliphatic carbocycles. The third-order valence-corrected chi connectivity index (χ3v) is 6.57. The van der Waals surface area contributed by atoms with E-state index in [9.17, 15) is 14.7 Å². The summed E-state index contributed by atoms with van der Waals surface area (Å²) >= 11 is 0. The fourth-order valence-electron chi connectivity index (χ4n) is 4.77. The topological polar surface area (TPSA) is 130 Å². The number of nitrogens with zero attached hydrogens (tertiary/aromatic N) is 3. The van der Waals surface area contributed by atoms with Crippen LogP contribution < -0.4 is 10.1 Å². The average Bonchev–Trinajstić information content (AvgIpc) is 3.48. The number of carbonyl (C=O) groups excluding carboxylic acids is 1. The van der Waals surface area contributed by atoms with Crippen LogP contribution in [-0.2, 0) is 16.0 Å². The first kappa shape index (κ1) is 23.0. The van der Waals surface area contributed by atoms with Crippen LogP contribution in [0.4, 0.5) is 10.6 Å². The molecular weight excluding hydrogens is 426 g/mol. The van der Waals surface area contributed by atoms with E-state index in [1.807, 2.05) is 6.07 Å². The van der Waals surface area contributed by atoms with Crippen LogP contribution >= 0.6 is 0 Å². The van der Waals surface area contributed by atoms with Gasteiger partial charge in [-0.3, -0.25) is 9.89 Å². The van der Waals surface area contributed by atoms with Crippen LogP contribution in [0.1, 0.15) is 49.3 Å². The first-order valence-electron chi connectivity index (χ1n) is 11.4. The van der Waals surface area contributed by atoms with Crippen molar-refractivity contribution in [1.82, 2.24) is 20.1 Å². The standard InChI is InChI=1S/C23H31N5O5/c1-32-22-11-16(4-7-24-22)10-21(29)25-20-13-19(26-27-20)17-2-3-18(12-17)28(23(30)31)14-15-5-8-33-9-6-15/h4,7,11,13,15,17-18H,2-3,5-6,8-10,12,14H2,1H3,(H,30,31)(H2,25,26,27,29)/t17-,18+/m1/s1. The predicted octanol–water partition coefficient (Wildman–Crippen LogP) is 3.04. The Balaban J connectivity index is 1.31. The Kier molecular flexibility index (Phi) is 7.43. The molecule has 3 N–H and O–H groups in total. The minimum atomic E-state index is -0.850. The lowest BCUT2D eigenvalue weighted by Gasteiger charge is -2.32. The quantitative estimate of drug-likeness (QED) is 0.555. The molecular formula is C23H31N5O5. The number of carbonyl (C=O) groups is 2. The Morgan fingerprint density at radius 1 is 1.27 bits per heavy atom. The number of aromatic nitrogens is 3. The number of hydrogen-bond acceptors (Lipinski definition) is 6. The highest BCUT2D eigenvalue weighted by Crippen LogP contribution is 2.37. The zero-order valence-corrected chi connectivity index (χ0v) is 18.8. The molecule has 178 valence electrons. The van der Waals surface area contributed by atoms with Crippen molar-refractivity contribution >= 4 is 17.8 Å². The number of amides is 2. The van der Waals surface area contributed by atoms with Gasteiger partial charge in [-0.05, 0) is 49.7 Å². The number of ether oxygens (including phenoxy) is 2. The minimum Gasteiger partial charge on any atom is -0.481 e. The second-order valence-electron chi connectivity index (χ2n) is 8.79. The highest BCUT2D eigenvalue weighted by molar-refractivity contribution is 5.91. The molecule has 0 spiro atoms. The summed E-state index contributed by atoms with van der Waals surface area (Å²) in [6, 6.07) is 5.34. The molecule has 0 radical (unpaired) electrons. The van der Waals surface area contributed by atoms with E-state index in [4.69, 9.17) is 9.47 Å². The number of anilines is 1. The third kappa shape index (κ3) is 6.01. The Morgan fingerprint density at radius 3 is 2.85 bits per heavy atom. The van der Waals surface area contributed by atoms with Crippen LogP contribution in [0.25, 0.3) is 0 Å². The molecule has 1 saturated heterocycles. The van der Waals surface area contributed by atoms with Gasteiger partial charge in [-0.1, -0.05) is 0 Å². The number of rotatable bonds is 8. The number of carboxylic acid groups (broad SMARTS) is 1. The molecule has 2 aliphatic rings. The van der Waals surface area contributed by atoms with E-state index in [1.54, 1.807) is 23.2 Å². The molecule has 4 rings (SSSR count). The maximum absolute atomic E-state index is 12.4. The van der Waals surface area contributed by atoms with Gasteiger partial charge in [0.05, 0.1) is 13.5 Å². The Hall–Kier alpha value is -3.14. The maximum atomic E-state index is 12.4. The summed E-state index contributed by atoms with van der Waals surface area (Å²) in [6.07, 6.45) is 5.23. The summed E-state index contributed by atoms with van der Waals surface area (Å²) in [5.41, 5.74) is 1.72. The molecule has 3 heterocycles. The zero-order valence-electron chi connectivity index (χ0n) is 18.8. The summed E-state index contributed by atoms with van der Waals surface area (Å²) < 4.78 is 10.5. The third-order valence-electron chi connectivity index (χ3n) is 6.57. The van der Waals surface area contributed by atoms with Crippen molar-refractivity contribution in [2.45, 2.75) is 50.5 Å². The number of pyridine rings is 1. The lowest BCUT2D eigenvalue weighted by molar-refractivity contribution is -0.115. The van der Waals surface area contributed by atoms with Gasteiger partial charge in [0.1, 0.15) is 0 Å². The first-order valence-corrected chi connectivity index (χ1v) is 11.4. The van der Waals surface area contributed by atoms with Gasteiger partial charge in [0.15, 0.2) is 5.82 Å². The smallest absolute Gasteiger partial charge is 0.407 e. The van der Waals surface area contributed by atoms with Crippen LogP contribution in [0.5, 0.6) is 5.88 Å². The summed E-state index contributed by atoms with van der Waals surface area (Å²) in [5.74, 6) is 1.30. The summed E-state index contributed by atoms with van der Waals surface area (Å²) in [6.45, 7) is 1.99. The van der Waals surface area contributed by atoms with Gasteiger partial charge in [0.25, 0.3) is 0 Å². The van der Waals surface area contributed by atoms with Gasteiger partial charge in [-0.2, -0.15) is 5.10 Å². The summed E-state index contributed by atoms with van der Waals surface area (Å²) in [5, 5.41) is 19.9. The van der Waals surface area contributed by atoms with Crippen molar-refractivity contribution in [3.63, 3.8) is 0 Å². The van der Waals surface area contributed by atoms with Crippen LogP contribution in [0.15, 0.2) is 24.4 Å². The van der Waals surface area contributed by atoms with Gasteiger partial charge in [-0.25, -0.2) is 9.78 Å². The van der Waals surface area contributed by atoms with E-state index in [2.05, 4.69) is 20.5 Å². The van der Waals surface area contributed by atoms with Crippen LogP contribution in [-0.4, -0.2) is 70.1 Å². The Labute approximate surface area is 192 Å². The monoisotopic (exact) mass is 457 g/mol. The minimum absolute atomic E-state index is 0.00152. The van der Waals surface area contributed by atoms with Crippen LogP contribution in [0.3, 0.4) is 0 Å². The van der Waals surface area contributed by atoms with Gasteiger partial charge < -0.3 is 24.8 Å². The fraction of sp³-hybridized carbons (Fsp3) is 0.565. The number of H-pyrrole nitrogens is 1. The molecule has 2 aromatic heterocycles. The van der Waals surface area contributed by atoms with Gasteiger partial charge in [-0.15, -0.1) is 0 Å². The van der Waals surface area contributed by atoms with Gasteiger partial charge in [0.2, 0.25) is 11.8 Å². The van der Waals surface area contributed by atoms with E-state index in [0.29, 0.717) is 37.4 Å². The highest BCUT2D eigenvalue weighted by atomic mass is 16.5. The van der Waals surface area contributed by atoms with Crippen molar-refractivity contribution in [1.29, 1.82) is 0 Å². The molecule has 1 saturated carbocycles. The molecule has 2 atom stereocenters. The normalized spacial score (nSPS) is 21.0. The SMILES string of the molecule is COc1cc(CC(=O)Nc2cc([C@@H]3CC[C@H](N(CC4CCOCC4)C(=O)O)C3)[nH]n2)ccn1. The highest BCUT2D eigenvalue weighted by Gasteiger charge is 2.35. The maximum Gasteiger partial charge on any atom is 0.407 e. The van der Waals surface area contributed by atoms with Crippen molar-refractivity contribution in [2.75, 3.05) is 32.2 Å². The molecule has 0 bridgehead atoms. The number of aromatic amines is 1. The number of nitrogens with one attached hydrogen (secondary N) is 2. The molecule has 1 aliphatic heterocycles. The average molecular weight is 458 g/mol. The molecule has 2 fully saturated rings. The van der Waals surface area contributed by atoms with Gasteiger partial charge in [0, 0.05) is 55.7 Å². The van der Waals surface area contributed by atoms with Crippen LogP contribution in [0.2, 0.25) is 0 Å². The lowest BCUT2D eigenvalue weighted by Crippen LogP contribution is -2.42. The summed E-state index contributed by atoms with van der Waals surface area (Å²) in [4.78, 5) is 30.0. The fourth-order valence-corrected chi connectivity index (χ4v) is 4.77. The molecule has 2 aromatic rings. The van der Waals surface area contributed by atoms with E-state index >= 15 is 0 Å². The van der Waals surface area contributed by atoms with Crippen molar-refractivity contribution < 1.29 is 24.2 Å². The predicted molar refractivity (Wildman–Crippen MR) is 120 cm³/mol. The molecule has 10 nitrogen and oxygen atoms in total. The Morgan fingerprint density at radius 2 is 2.09 bits per heavy atom. The summed E-state index contributed by atoms with van der Waals surface area (Å²) in [7, 11) is 1.53. The molecule has 0 unspecified atom stereocenters. The van der Waals surface area contributed by atoms with E-state index in [0.717, 1.165) is 43.4 Å². The van der Waals surface area contributed by atoms with Gasteiger partial charge >= 0.3 is 6.09 Å². The zero-order chi connectivity index (χ0) is 23.2. The second-order valence-corrected chi connectivity index (χ2v) is 8.79. The number of hydrogen-bond donors (Lipinski definition) is 3. The van der Waals surface area contributed by atoms with E-state index in [1.165, 1.54) is 7.11 Å². The van der Waals surface area contributed by atoms with Crippen LogP contribution in [0, 0.1) is 5.92 Å². The largest absolute Gasteiger partial charge is 0.481 e. The van der Waals surface area contributed by atoms with E-state index < -0.39 is 6.09 Å². The molecule has 2 amide bonds. The molecule has 10 heteroatoms. The van der Waals surface area contributed by atoms with Crippen molar-refractivity contribution in [2.24, 2.45) is 5.92 Å². The Bertz CT molecular complexity index is 958. The molecule has 0 aromatic carbocycles. The molecule has 33 heavy (non-hydrogen) atoms. The second kappa shape index (κ2) is 10.7. The number of methoxy groups -OCH3 is 1. The lowest BCUT2D eigenvalue weighted by atomic mass is 9.98. The van der Waals surface area contributed by atoms with Crippen molar-refractivity contribution in [3.8, 4) is 5.88 Å². The van der Waals surface area contributed by atoms with E-state index in [-0.39, 0.29) is 24.3 Å². The first-order chi connectivity index (χ1) is 16.0. The van der Waals surface area contributed by atoms with Crippen molar-refractivity contribution in [3.05, 3.63) is 35.7 Å².